The van der Waals surface area contributed by atoms with E-state index in [4.69, 9.17) is 4.74 Å². The molecule has 0 unspecified atom stereocenters. The average Bonchev–Trinajstić information content (AvgIpc) is 3.09. The lowest BCUT2D eigenvalue weighted by Gasteiger charge is -2.02. The number of nitrogens with zero attached hydrogens (tertiary/aromatic N) is 2. The van der Waals surface area contributed by atoms with Crippen LogP contribution in [-0.4, -0.2) is 21.1 Å². The first-order valence-corrected chi connectivity index (χ1v) is 7.56. The zero-order valence-electron chi connectivity index (χ0n) is 13.4. The van der Waals surface area contributed by atoms with Crippen molar-refractivity contribution >= 4 is 11.7 Å². The summed E-state index contributed by atoms with van der Waals surface area (Å²) in [5.41, 5.74) is 3.73. The second kappa shape index (κ2) is 6.96. The molecule has 3 aromatic rings. The summed E-state index contributed by atoms with van der Waals surface area (Å²) in [6.07, 6.45) is 0. The average molecular weight is 337 g/mol. The Kier molecular flexibility index (Phi) is 4.56. The molecule has 0 atom stereocenters. The van der Waals surface area contributed by atoms with E-state index >= 15 is 0 Å². The number of nitro groups is 1. The number of non-ortho nitro benzene ring substituents is 1. The number of aromatic amines is 1. The molecule has 3 rings (SSSR count). The predicted octanol–water partition coefficient (Wildman–Crippen LogP) is 3.65. The van der Waals surface area contributed by atoms with E-state index in [2.05, 4.69) is 10.2 Å². The highest BCUT2D eigenvalue weighted by molar-refractivity contribution is 5.89. The largest absolute Gasteiger partial charge is 0.456 e. The van der Waals surface area contributed by atoms with Crippen LogP contribution in [0.2, 0.25) is 0 Å². The van der Waals surface area contributed by atoms with Gasteiger partial charge in [0, 0.05) is 17.7 Å². The van der Waals surface area contributed by atoms with Gasteiger partial charge in [0.1, 0.15) is 6.61 Å². The number of nitrogens with one attached hydrogen (secondary N) is 1. The van der Waals surface area contributed by atoms with Gasteiger partial charge >= 0.3 is 5.97 Å². The summed E-state index contributed by atoms with van der Waals surface area (Å²) in [5.74, 6) is -0.554. The van der Waals surface area contributed by atoms with Gasteiger partial charge in [0.15, 0.2) is 0 Å². The van der Waals surface area contributed by atoms with Crippen molar-refractivity contribution in [2.75, 3.05) is 0 Å². The summed E-state index contributed by atoms with van der Waals surface area (Å²) < 4.78 is 5.20. The minimum Gasteiger partial charge on any atom is -0.456 e. The molecule has 0 spiro atoms. The lowest BCUT2D eigenvalue weighted by Crippen LogP contribution is -2.05. The molecule has 7 heteroatoms. The third-order valence-electron chi connectivity index (χ3n) is 3.65. The Hall–Kier alpha value is -3.48. The molecule has 0 aliphatic heterocycles. The van der Waals surface area contributed by atoms with Gasteiger partial charge in [-0.1, -0.05) is 29.8 Å². The molecular formula is C18H15N3O4. The van der Waals surface area contributed by atoms with Gasteiger partial charge in [-0.25, -0.2) is 4.79 Å². The Labute approximate surface area is 143 Å². The van der Waals surface area contributed by atoms with Crippen LogP contribution in [0.3, 0.4) is 0 Å². The quantitative estimate of drug-likeness (QED) is 0.435. The Morgan fingerprint density at radius 2 is 1.84 bits per heavy atom. The first kappa shape index (κ1) is 16.4. The molecule has 126 valence electrons. The molecule has 0 aliphatic carbocycles. The molecule has 0 amide bonds. The van der Waals surface area contributed by atoms with E-state index < -0.39 is 10.9 Å². The smallest absolute Gasteiger partial charge is 0.338 e. The molecule has 0 saturated carbocycles. The highest BCUT2D eigenvalue weighted by atomic mass is 16.6. The van der Waals surface area contributed by atoms with Crippen LogP contribution < -0.4 is 0 Å². The lowest BCUT2D eigenvalue weighted by molar-refractivity contribution is -0.384. The van der Waals surface area contributed by atoms with Gasteiger partial charge in [-0.05, 0) is 25.1 Å². The molecule has 0 saturated heterocycles. The monoisotopic (exact) mass is 337 g/mol. The fraction of sp³-hybridized carbons (Fsp3) is 0.111. The van der Waals surface area contributed by atoms with Crippen LogP contribution in [0.15, 0.2) is 54.6 Å². The summed E-state index contributed by atoms with van der Waals surface area (Å²) in [6, 6.07) is 15.0. The van der Waals surface area contributed by atoms with Crippen molar-refractivity contribution in [1.29, 1.82) is 0 Å². The van der Waals surface area contributed by atoms with Crippen molar-refractivity contribution in [2.45, 2.75) is 13.5 Å². The lowest BCUT2D eigenvalue weighted by atomic mass is 10.1. The third kappa shape index (κ3) is 3.89. The second-order valence-corrected chi connectivity index (χ2v) is 5.52. The molecule has 1 N–H and O–H groups in total. The second-order valence-electron chi connectivity index (χ2n) is 5.52. The van der Waals surface area contributed by atoms with Crippen molar-refractivity contribution < 1.29 is 14.5 Å². The molecule has 7 nitrogen and oxygen atoms in total. The van der Waals surface area contributed by atoms with Gasteiger partial charge in [0.05, 0.1) is 21.9 Å². The zero-order valence-corrected chi connectivity index (χ0v) is 13.4. The van der Waals surface area contributed by atoms with E-state index in [0.717, 1.165) is 16.8 Å². The van der Waals surface area contributed by atoms with Crippen molar-refractivity contribution in [2.24, 2.45) is 0 Å². The van der Waals surface area contributed by atoms with Crippen LogP contribution in [0.25, 0.3) is 11.3 Å². The molecule has 1 aromatic heterocycles. The van der Waals surface area contributed by atoms with Crippen LogP contribution in [-0.2, 0) is 11.3 Å². The predicted molar refractivity (Wildman–Crippen MR) is 91.0 cm³/mol. The van der Waals surface area contributed by atoms with E-state index in [1.807, 2.05) is 37.3 Å². The van der Waals surface area contributed by atoms with Gasteiger partial charge in [-0.2, -0.15) is 5.10 Å². The SMILES string of the molecule is Cc1ccc(-c2cc(COC(=O)c3ccc([N+](=O)[O-])cc3)[nH]n2)cc1. The number of H-pyrrole nitrogens is 1. The van der Waals surface area contributed by atoms with Crippen molar-refractivity contribution in [3.05, 3.63) is 81.5 Å². The number of ether oxygens (including phenoxy) is 1. The standard InChI is InChI=1S/C18H15N3O4/c1-12-2-4-13(5-3-12)17-10-15(19-20-17)11-25-18(22)14-6-8-16(9-7-14)21(23)24/h2-10H,11H2,1H3,(H,19,20). The van der Waals surface area contributed by atoms with Crippen LogP contribution in [0, 0.1) is 17.0 Å². The molecule has 0 radical (unpaired) electrons. The number of aryl methyl sites for hydroxylation is 1. The van der Waals surface area contributed by atoms with E-state index in [1.165, 1.54) is 24.3 Å². The fourth-order valence-corrected chi connectivity index (χ4v) is 2.25. The van der Waals surface area contributed by atoms with E-state index in [1.54, 1.807) is 0 Å². The Morgan fingerprint density at radius 1 is 1.16 bits per heavy atom. The van der Waals surface area contributed by atoms with Crippen LogP contribution in [0.5, 0.6) is 0 Å². The van der Waals surface area contributed by atoms with Crippen molar-refractivity contribution in [3.8, 4) is 11.3 Å². The number of hydrogen-bond acceptors (Lipinski definition) is 5. The Balaban J connectivity index is 1.62. The number of aromatic nitrogens is 2. The van der Waals surface area contributed by atoms with Gasteiger partial charge in [-0.15, -0.1) is 0 Å². The van der Waals surface area contributed by atoms with Crippen LogP contribution in [0.4, 0.5) is 5.69 Å². The number of carbonyl (C=O) groups excluding carboxylic acids is 1. The number of hydrogen-bond donors (Lipinski definition) is 1. The highest BCUT2D eigenvalue weighted by Gasteiger charge is 2.12. The third-order valence-corrected chi connectivity index (χ3v) is 3.65. The van der Waals surface area contributed by atoms with Crippen molar-refractivity contribution in [3.63, 3.8) is 0 Å². The van der Waals surface area contributed by atoms with Gasteiger partial charge in [0.2, 0.25) is 0 Å². The first-order chi connectivity index (χ1) is 12.0. The summed E-state index contributed by atoms with van der Waals surface area (Å²) in [4.78, 5) is 22.1. The Morgan fingerprint density at radius 3 is 2.48 bits per heavy atom. The maximum atomic E-state index is 12.0. The summed E-state index contributed by atoms with van der Waals surface area (Å²) in [6.45, 7) is 2.05. The molecule has 0 fully saturated rings. The molecule has 0 aliphatic rings. The molecule has 1 heterocycles. The van der Waals surface area contributed by atoms with Gasteiger partial charge in [-0.3, -0.25) is 15.2 Å². The van der Waals surface area contributed by atoms with E-state index in [-0.39, 0.29) is 17.9 Å². The first-order valence-electron chi connectivity index (χ1n) is 7.56. The van der Waals surface area contributed by atoms with E-state index in [9.17, 15) is 14.9 Å². The number of rotatable bonds is 5. The van der Waals surface area contributed by atoms with Gasteiger partial charge < -0.3 is 4.74 Å². The summed E-state index contributed by atoms with van der Waals surface area (Å²) in [5, 5.41) is 17.6. The topological polar surface area (TPSA) is 98.1 Å². The molecule has 0 bridgehead atoms. The van der Waals surface area contributed by atoms with E-state index in [0.29, 0.717) is 5.69 Å². The fourth-order valence-electron chi connectivity index (χ4n) is 2.25. The number of benzene rings is 2. The van der Waals surface area contributed by atoms with Crippen LogP contribution >= 0.6 is 0 Å². The number of carbonyl (C=O) groups is 1. The number of esters is 1. The minimum absolute atomic E-state index is 0.0364. The van der Waals surface area contributed by atoms with Crippen molar-refractivity contribution in [1.82, 2.24) is 10.2 Å². The minimum atomic E-state index is -0.554. The normalized spacial score (nSPS) is 10.4. The summed E-state index contributed by atoms with van der Waals surface area (Å²) >= 11 is 0. The maximum absolute atomic E-state index is 12.0. The summed E-state index contributed by atoms with van der Waals surface area (Å²) in [7, 11) is 0. The Bertz CT molecular complexity index is 899. The molecular weight excluding hydrogens is 322 g/mol. The molecule has 2 aromatic carbocycles. The zero-order chi connectivity index (χ0) is 17.8. The maximum Gasteiger partial charge on any atom is 0.338 e. The van der Waals surface area contributed by atoms with Gasteiger partial charge in [0.25, 0.3) is 5.69 Å². The molecule has 25 heavy (non-hydrogen) atoms. The van der Waals surface area contributed by atoms with Crippen LogP contribution in [0.1, 0.15) is 21.6 Å². The highest BCUT2D eigenvalue weighted by Crippen LogP contribution is 2.19. The number of nitro benzene ring substituents is 1.